The number of aryl methyl sites for hydroxylation is 1. The molecule has 2 rings (SSSR count). The van der Waals surface area contributed by atoms with Crippen molar-refractivity contribution in [2.75, 3.05) is 4.72 Å². The van der Waals surface area contributed by atoms with Crippen LogP contribution in [0.15, 0.2) is 23.1 Å². The van der Waals surface area contributed by atoms with Gasteiger partial charge in [-0.1, -0.05) is 24.3 Å². The topological polar surface area (TPSA) is 98.0 Å². The molecule has 108 valence electrons. The Morgan fingerprint density at radius 1 is 1.40 bits per heavy atom. The zero-order valence-electron chi connectivity index (χ0n) is 10.6. The van der Waals surface area contributed by atoms with Crippen LogP contribution in [0, 0.1) is 5.82 Å². The van der Waals surface area contributed by atoms with E-state index in [0.29, 0.717) is 17.0 Å². The molecule has 0 amide bonds. The third-order valence-corrected chi connectivity index (χ3v) is 4.98. The molecule has 2 aromatic rings. The van der Waals surface area contributed by atoms with Gasteiger partial charge in [-0.05, 0) is 24.1 Å². The van der Waals surface area contributed by atoms with Gasteiger partial charge in [0.1, 0.15) is 15.7 Å². The summed E-state index contributed by atoms with van der Waals surface area (Å²) in [7, 11) is -4.04. The van der Waals surface area contributed by atoms with Gasteiger partial charge in [-0.25, -0.2) is 12.8 Å². The van der Waals surface area contributed by atoms with Crippen molar-refractivity contribution >= 4 is 26.5 Å². The van der Waals surface area contributed by atoms with E-state index in [1.165, 1.54) is 12.1 Å². The number of anilines is 1. The highest BCUT2D eigenvalue weighted by molar-refractivity contribution is 7.93. The van der Waals surface area contributed by atoms with Crippen LogP contribution in [-0.4, -0.2) is 18.6 Å². The fourth-order valence-electron chi connectivity index (χ4n) is 1.49. The van der Waals surface area contributed by atoms with Crippen LogP contribution in [0.1, 0.15) is 17.5 Å². The first-order valence-corrected chi connectivity index (χ1v) is 8.10. The maximum atomic E-state index is 13.7. The van der Waals surface area contributed by atoms with Gasteiger partial charge in [-0.2, -0.15) is 0 Å². The van der Waals surface area contributed by atoms with Gasteiger partial charge in [0.25, 0.3) is 10.0 Å². The van der Waals surface area contributed by atoms with Crippen molar-refractivity contribution in [2.24, 2.45) is 5.73 Å². The third kappa shape index (κ3) is 3.11. The molecule has 0 radical (unpaired) electrons. The van der Waals surface area contributed by atoms with Crippen molar-refractivity contribution in [3.63, 3.8) is 0 Å². The Bertz CT molecular complexity index is 715. The van der Waals surface area contributed by atoms with Gasteiger partial charge in [0.05, 0.1) is 0 Å². The lowest BCUT2D eigenvalue weighted by Gasteiger charge is -2.07. The highest BCUT2D eigenvalue weighted by Gasteiger charge is 2.21. The third-order valence-electron chi connectivity index (χ3n) is 2.51. The van der Waals surface area contributed by atoms with Crippen molar-refractivity contribution in [1.29, 1.82) is 0 Å². The molecule has 0 aliphatic carbocycles. The molecule has 6 nitrogen and oxygen atoms in total. The monoisotopic (exact) mass is 316 g/mol. The van der Waals surface area contributed by atoms with Gasteiger partial charge in [-0.15, -0.1) is 10.2 Å². The Morgan fingerprint density at radius 2 is 2.15 bits per heavy atom. The highest BCUT2D eigenvalue weighted by atomic mass is 32.2. The predicted octanol–water partition coefficient (Wildman–Crippen LogP) is 1.50. The number of nitrogens with two attached hydrogens (primary N) is 1. The minimum absolute atomic E-state index is 0.111. The summed E-state index contributed by atoms with van der Waals surface area (Å²) < 4.78 is 40.2. The van der Waals surface area contributed by atoms with Gasteiger partial charge in [0.2, 0.25) is 5.13 Å². The molecule has 0 bridgehead atoms. The SMILES string of the molecule is CCc1nnc(NS(=O)(=O)c2cc(CN)ccc2F)s1. The average Bonchev–Trinajstić information content (AvgIpc) is 2.86. The summed E-state index contributed by atoms with van der Waals surface area (Å²) in [6, 6.07) is 3.72. The molecule has 3 N–H and O–H groups in total. The molecule has 0 aliphatic heterocycles. The summed E-state index contributed by atoms with van der Waals surface area (Å²) in [6.07, 6.45) is 0.649. The first-order valence-electron chi connectivity index (χ1n) is 5.80. The summed E-state index contributed by atoms with van der Waals surface area (Å²) >= 11 is 1.11. The van der Waals surface area contributed by atoms with Crippen LogP contribution in [0.3, 0.4) is 0 Å². The molecule has 1 aromatic heterocycles. The number of sulfonamides is 1. The van der Waals surface area contributed by atoms with E-state index in [1.54, 1.807) is 0 Å². The molecule has 0 saturated heterocycles. The predicted molar refractivity (Wildman–Crippen MR) is 74.4 cm³/mol. The maximum Gasteiger partial charge on any atom is 0.266 e. The Morgan fingerprint density at radius 3 is 2.75 bits per heavy atom. The van der Waals surface area contributed by atoms with E-state index in [9.17, 15) is 12.8 Å². The smallest absolute Gasteiger partial charge is 0.266 e. The van der Waals surface area contributed by atoms with Crippen LogP contribution in [0.4, 0.5) is 9.52 Å². The zero-order valence-corrected chi connectivity index (χ0v) is 12.3. The van der Waals surface area contributed by atoms with Crippen LogP contribution >= 0.6 is 11.3 Å². The number of aromatic nitrogens is 2. The fraction of sp³-hybridized carbons (Fsp3) is 0.273. The van der Waals surface area contributed by atoms with Gasteiger partial charge in [0, 0.05) is 6.54 Å². The molecule has 0 unspecified atom stereocenters. The largest absolute Gasteiger partial charge is 0.326 e. The Labute approximate surface area is 119 Å². The number of rotatable bonds is 5. The number of nitrogens with one attached hydrogen (secondary N) is 1. The molecule has 1 heterocycles. The Hall–Kier alpha value is -1.58. The van der Waals surface area contributed by atoms with Gasteiger partial charge in [-0.3, -0.25) is 4.72 Å². The highest BCUT2D eigenvalue weighted by Crippen LogP contribution is 2.22. The Balaban J connectivity index is 2.34. The summed E-state index contributed by atoms with van der Waals surface area (Å²) in [4.78, 5) is -0.450. The van der Waals surface area contributed by atoms with Crippen LogP contribution < -0.4 is 10.5 Å². The first kappa shape index (κ1) is 14.8. The maximum absolute atomic E-state index is 13.7. The molecule has 0 aliphatic rings. The van der Waals surface area contributed by atoms with Crippen LogP contribution in [0.5, 0.6) is 0 Å². The summed E-state index contributed by atoms with van der Waals surface area (Å²) in [5.41, 5.74) is 5.95. The van der Waals surface area contributed by atoms with Crippen molar-refractivity contribution in [3.05, 3.63) is 34.6 Å². The summed E-state index contributed by atoms with van der Waals surface area (Å²) in [5.74, 6) is -0.838. The lowest BCUT2D eigenvalue weighted by molar-refractivity contribution is 0.569. The van der Waals surface area contributed by atoms with E-state index >= 15 is 0 Å². The van der Waals surface area contributed by atoms with Crippen molar-refractivity contribution in [2.45, 2.75) is 24.8 Å². The second-order valence-corrected chi connectivity index (χ2v) is 6.64. The number of halogens is 1. The standard InChI is InChI=1S/C11H13FN4O2S2/c1-2-10-14-15-11(19-10)16-20(17,18)9-5-7(6-13)3-4-8(9)12/h3-5H,2,6,13H2,1H3,(H,15,16). The second-order valence-electron chi connectivity index (χ2n) is 3.93. The summed E-state index contributed by atoms with van der Waals surface area (Å²) in [6.45, 7) is 2.00. The summed E-state index contributed by atoms with van der Waals surface area (Å²) in [5, 5.41) is 8.30. The zero-order chi connectivity index (χ0) is 14.8. The number of hydrogen-bond acceptors (Lipinski definition) is 6. The molecule has 0 fully saturated rings. The van der Waals surface area contributed by atoms with E-state index in [4.69, 9.17) is 5.73 Å². The van der Waals surface area contributed by atoms with E-state index in [2.05, 4.69) is 14.9 Å². The van der Waals surface area contributed by atoms with Crippen molar-refractivity contribution in [3.8, 4) is 0 Å². The van der Waals surface area contributed by atoms with Crippen molar-refractivity contribution < 1.29 is 12.8 Å². The van der Waals surface area contributed by atoms with Gasteiger partial charge in [0.15, 0.2) is 0 Å². The van der Waals surface area contributed by atoms with Gasteiger partial charge >= 0.3 is 0 Å². The Kier molecular flexibility index (Phi) is 4.31. The molecule has 0 spiro atoms. The second kappa shape index (κ2) is 5.81. The van der Waals surface area contributed by atoms with E-state index in [-0.39, 0.29) is 11.7 Å². The minimum Gasteiger partial charge on any atom is -0.326 e. The molecular weight excluding hydrogens is 303 g/mol. The normalized spacial score (nSPS) is 11.6. The molecule has 0 atom stereocenters. The lowest BCUT2D eigenvalue weighted by atomic mass is 10.2. The van der Waals surface area contributed by atoms with Crippen LogP contribution in [-0.2, 0) is 23.0 Å². The molecule has 20 heavy (non-hydrogen) atoms. The van der Waals surface area contributed by atoms with Gasteiger partial charge < -0.3 is 5.73 Å². The number of nitrogens with zero attached hydrogens (tertiary/aromatic N) is 2. The quantitative estimate of drug-likeness (QED) is 0.871. The first-order chi connectivity index (χ1) is 9.46. The van der Waals surface area contributed by atoms with Crippen molar-refractivity contribution in [1.82, 2.24) is 10.2 Å². The molecular formula is C11H13FN4O2S2. The fourth-order valence-corrected chi connectivity index (χ4v) is 3.53. The molecule has 9 heteroatoms. The van der Waals surface area contributed by atoms with E-state index < -0.39 is 20.7 Å². The minimum atomic E-state index is -4.04. The number of hydrogen-bond donors (Lipinski definition) is 2. The molecule has 0 saturated carbocycles. The van der Waals surface area contributed by atoms with E-state index in [0.717, 1.165) is 17.4 Å². The average molecular weight is 316 g/mol. The van der Waals surface area contributed by atoms with Crippen LogP contribution in [0.2, 0.25) is 0 Å². The number of benzene rings is 1. The molecule has 1 aromatic carbocycles. The van der Waals surface area contributed by atoms with E-state index in [1.807, 2.05) is 6.92 Å². The lowest BCUT2D eigenvalue weighted by Crippen LogP contribution is -2.15. The van der Waals surface area contributed by atoms with Crippen LogP contribution in [0.25, 0.3) is 0 Å².